The van der Waals surface area contributed by atoms with Gasteiger partial charge in [-0.3, -0.25) is 14.7 Å². The summed E-state index contributed by atoms with van der Waals surface area (Å²) in [6.07, 6.45) is 1.67. The first-order chi connectivity index (χ1) is 10.0. The van der Waals surface area contributed by atoms with Crippen LogP contribution in [0.1, 0.15) is 17.3 Å². The van der Waals surface area contributed by atoms with Crippen molar-refractivity contribution in [3.05, 3.63) is 30.0 Å². The van der Waals surface area contributed by atoms with E-state index in [-0.39, 0.29) is 19.1 Å². The molecule has 1 amide bonds. The number of fused-ring (bicyclic) bond motifs is 1. The summed E-state index contributed by atoms with van der Waals surface area (Å²) in [5.74, 6) is -1.30. The molecule has 7 heteroatoms. The number of aromatic nitrogens is 2. The summed E-state index contributed by atoms with van der Waals surface area (Å²) >= 11 is 0. The zero-order valence-corrected chi connectivity index (χ0v) is 11.4. The number of hydrogen-bond donors (Lipinski definition) is 3. The van der Waals surface area contributed by atoms with Gasteiger partial charge in [-0.05, 0) is 19.1 Å². The Hall–Kier alpha value is -2.41. The fourth-order valence-corrected chi connectivity index (χ4v) is 2.40. The summed E-state index contributed by atoms with van der Waals surface area (Å²) in [5, 5.41) is 19.6. The number of benzene rings is 1. The van der Waals surface area contributed by atoms with Gasteiger partial charge < -0.3 is 15.2 Å². The maximum atomic E-state index is 12.3. The molecule has 2 atom stereocenters. The SMILES string of the molecule is CC1(C(=O)O)COCC1NC(=O)c1ccc2cn[nH]c2c1. The van der Waals surface area contributed by atoms with Crippen molar-refractivity contribution in [3.63, 3.8) is 0 Å². The molecule has 1 aromatic carbocycles. The number of carboxylic acid groups (broad SMARTS) is 1. The molecule has 0 radical (unpaired) electrons. The summed E-state index contributed by atoms with van der Waals surface area (Å²) < 4.78 is 5.22. The van der Waals surface area contributed by atoms with Crippen LogP contribution in [0.2, 0.25) is 0 Å². The van der Waals surface area contributed by atoms with Crippen molar-refractivity contribution in [2.45, 2.75) is 13.0 Å². The number of nitrogens with zero attached hydrogens (tertiary/aromatic N) is 1. The van der Waals surface area contributed by atoms with Crippen molar-refractivity contribution >= 4 is 22.8 Å². The van der Waals surface area contributed by atoms with Crippen LogP contribution in [0.5, 0.6) is 0 Å². The lowest BCUT2D eigenvalue weighted by Gasteiger charge is -2.25. The molecule has 110 valence electrons. The van der Waals surface area contributed by atoms with E-state index in [1.807, 2.05) is 0 Å². The molecule has 0 spiro atoms. The van der Waals surface area contributed by atoms with Gasteiger partial charge in [0, 0.05) is 10.9 Å². The lowest BCUT2D eigenvalue weighted by atomic mass is 9.85. The molecule has 0 aliphatic carbocycles. The van der Waals surface area contributed by atoms with Crippen LogP contribution < -0.4 is 5.32 Å². The first kappa shape index (κ1) is 13.6. The fraction of sp³-hybridized carbons (Fsp3) is 0.357. The lowest BCUT2D eigenvalue weighted by molar-refractivity contribution is -0.148. The number of amides is 1. The number of ether oxygens (including phenoxy) is 1. The van der Waals surface area contributed by atoms with E-state index < -0.39 is 17.4 Å². The second kappa shape index (κ2) is 4.85. The van der Waals surface area contributed by atoms with Gasteiger partial charge in [-0.2, -0.15) is 5.10 Å². The van der Waals surface area contributed by atoms with Crippen LogP contribution in [0.3, 0.4) is 0 Å². The van der Waals surface area contributed by atoms with Gasteiger partial charge in [0.2, 0.25) is 0 Å². The zero-order chi connectivity index (χ0) is 15.0. The molecule has 0 bridgehead atoms. The Bertz CT molecular complexity index is 711. The number of aromatic amines is 1. The van der Waals surface area contributed by atoms with Crippen LogP contribution in [0, 0.1) is 5.41 Å². The van der Waals surface area contributed by atoms with Crippen molar-refractivity contribution in [1.82, 2.24) is 15.5 Å². The van der Waals surface area contributed by atoms with Gasteiger partial charge in [0.25, 0.3) is 5.91 Å². The topological polar surface area (TPSA) is 104 Å². The number of nitrogens with one attached hydrogen (secondary N) is 2. The highest BCUT2D eigenvalue weighted by Gasteiger charge is 2.47. The monoisotopic (exact) mass is 289 g/mol. The van der Waals surface area contributed by atoms with Crippen LogP contribution in [-0.4, -0.2) is 46.4 Å². The number of aliphatic carboxylic acids is 1. The summed E-state index contributed by atoms with van der Waals surface area (Å²) in [5.41, 5.74) is 0.103. The van der Waals surface area contributed by atoms with Gasteiger partial charge >= 0.3 is 5.97 Å². The fourth-order valence-electron chi connectivity index (χ4n) is 2.40. The Morgan fingerprint density at radius 1 is 1.52 bits per heavy atom. The molecule has 3 rings (SSSR count). The molecule has 7 nitrogen and oxygen atoms in total. The molecule has 1 saturated heterocycles. The van der Waals surface area contributed by atoms with Gasteiger partial charge in [-0.15, -0.1) is 0 Å². The predicted molar refractivity (Wildman–Crippen MR) is 73.9 cm³/mol. The number of H-pyrrole nitrogens is 1. The number of carbonyl (C=O) groups is 2. The van der Waals surface area contributed by atoms with Gasteiger partial charge in [0.15, 0.2) is 0 Å². The molecule has 21 heavy (non-hydrogen) atoms. The molecular formula is C14H15N3O4. The molecule has 1 aromatic heterocycles. The Morgan fingerprint density at radius 2 is 2.33 bits per heavy atom. The van der Waals surface area contributed by atoms with E-state index in [1.54, 1.807) is 31.3 Å². The molecule has 1 aliphatic heterocycles. The minimum absolute atomic E-state index is 0.0901. The van der Waals surface area contributed by atoms with E-state index in [0.717, 1.165) is 10.9 Å². The molecule has 3 N–H and O–H groups in total. The van der Waals surface area contributed by atoms with Crippen molar-refractivity contribution in [2.24, 2.45) is 5.41 Å². The molecule has 0 saturated carbocycles. The Kier molecular flexibility index (Phi) is 3.13. The molecule has 1 fully saturated rings. The van der Waals surface area contributed by atoms with E-state index in [2.05, 4.69) is 15.5 Å². The van der Waals surface area contributed by atoms with Crippen molar-refractivity contribution in [1.29, 1.82) is 0 Å². The van der Waals surface area contributed by atoms with Crippen LogP contribution in [0.15, 0.2) is 24.4 Å². The third-order valence-corrected chi connectivity index (χ3v) is 3.95. The van der Waals surface area contributed by atoms with E-state index in [4.69, 9.17) is 4.74 Å². The maximum Gasteiger partial charge on any atom is 0.313 e. The number of hydrogen-bond acceptors (Lipinski definition) is 4. The van der Waals surface area contributed by atoms with Crippen LogP contribution >= 0.6 is 0 Å². The van der Waals surface area contributed by atoms with E-state index in [1.165, 1.54) is 0 Å². The predicted octanol–water partition coefficient (Wildman–Crippen LogP) is 0.782. The van der Waals surface area contributed by atoms with Crippen LogP contribution in [-0.2, 0) is 9.53 Å². The molecule has 2 aromatic rings. The van der Waals surface area contributed by atoms with Crippen LogP contribution in [0.25, 0.3) is 10.9 Å². The highest BCUT2D eigenvalue weighted by atomic mass is 16.5. The largest absolute Gasteiger partial charge is 0.481 e. The smallest absolute Gasteiger partial charge is 0.313 e. The Labute approximate surface area is 120 Å². The van der Waals surface area contributed by atoms with Crippen molar-refractivity contribution in [2.75, 3.05) is 13.2 Å². The summed E-state index contributed by atoms with van der Waals surface area (Å²) in [6.45, 7) is 1.86. The highest BCUT2D eigenvalue weighted by molar-refractivity contribution is 5.98. The first-order valence-corrected chi connectivity index (χ1v) is 6.56. The van der Waals surface area contributed by atoms with E-state index in [9.17, 15) is 14.7 Å². The number of carboxylic acids is 1. The maximum absolute atomic E-state index is 12.3. The summed E-state index contributed by atoms with van der Waals surface area (Å²) in [4.78, 5) is 23.6. The van der Waals surface area contributed by atoms with Gasteiger partial charge in [0.05, 0.1) is 31.0 Å². The number of carbonyl (C=O) groups excluding carboxylic acids is 1. The third kappa shape index (κ3) is 2.25. The minimum Gasteiger partial charge on any atom is -0.481 e. The van der Waals surface area contributed by atoms with Gasteiger partial charge in [-0.1, -0.05) is 6.07 Å². The Morgan fingerprint density at radius 3 is 3.10 bits per heavy atom. The quantitative estimate of drug-likeness (QED) is 0.774. The van der Waals surface area contributed by atoms with Crippen molar-refractivity contribution < 1.29 is 19.4 Å². The average molecular weight is 289 g/mol. The van der Waals surface area contributed by atoms with Crippen molar-refractivity contribution in [3.8, 4) is 0 Å². The normalized spacial score (nSPS) is 25.1. The molecule has 2 unspecified atom stereocenters. The van der Waals surface area contributed by atoms with E-state index >= 15 is 0 Å². The minimum atomic E-state index is -1.10. The standard InChI is InChI=1S/C14H15N3O4/c1-14(13(19)20)7-21-6-11(14)16-12(18)8-2-3-9-5-15-17-10(9)4-8/h2-5,11H,6-7H2,1H3,(H,15,17)(H,16,18)(H,19,20). The lowest BCUT2D eigenvalue weighted by Crippen LogP contribution is -2.49. The molecule has 2 heterocycles. The van der Waals surface area contributed by atoms with E-state index in [0.29, 0.717) is 5.56 Å². The second-order valence-electron chi connectivity index (χ2n) is 5.44. The second-order valence-corrected chi connectivity index (χ2v) is 5.44. The summed E-state index contributed by atoms with van der Waals surface area (Å²) in [6, 6.07) is 4.60. The zero-order valence-electron chi connectivity index (χ0n) is 11.4. The van der Waals surface area contributed by atoms with Gasteiger partial charge in [0.1, 0.15) is 5.41 Å². The highest BCUT2D eigenvalue weighted by Crippen LogP contribution is 2.29. The number of rotatable bonds is 3. The van der Waals surface area contributed by atoms with Gasteiger partial charge in [-0.25, -0.2) is 0 Å². The molecular weight excluding hydrogens is 274 g/mol. The third-order valence-electron chi connectivity index (χ3n) is 3.95. The Balaban J connectivity index is 1.81. The first-order valence-electron chi connectivity index (χ1n) is 6.56. The average Bonchev–Trinajstić information content (AvgIpc) is 3.06. The van der Waals surface area contributed by atoms with Crippen LogP contribution in [0.4, 0.5) is 0 Å². The molecule has 1 aliphatic rings. The summed E-state index contributed by atoms with van der Waals surface area (Å²) in [7, 11) is 0.